The van der Waals surface area contributed by atoms with Crippen LogP contribution < -0.4 is 0 Å². The molecule has 0 heterocycles. The second-order valence-corrected chi connectivity index (χ2v) is 3.88. The van der Waals surface area contributed by atoms with Crippen molar-refractivity contribution >= 4 is 0 Å². The van der Waals surface area contributed by atoms with Gasteiger partial charge in [-0.25, -0.2) is 0 Å². The third-order valence-corrected chi connectivity index (χ3v) is 2.67. The molecule has 2 unspecified atom stereocenters. The molecular formula is C12H19NO. The zero-order chi connectivity index (χ0) is 10.6. The number of rotatable bonds is 4. The van der Waals surface area contributed by atoms with E-state index in [0.29, 0.717) is 0 Å². The van der Waals surface area contributed by atoms with Gasteiger partial charge in [0.05, 0.1) is 6.10 Å². The molecule has 0 aliphatic rings. The van der Waals surface area contributed by atoms with Gasteiger partial charge in [-0.2, -0.15) is 0 Å². The van der Waals surface area contributed by atoms with E-state index in [2.05, 4.69) is 17.0 Å². The summed E-state index contributed by atoms with van der Waals surface area (Å²) in [5.41, 5.74) is 1.28. The summed E-state index contributed by atoms with van der Waals surface area (Å²) in [5.74, 6) is 0. The average molecular weight is 193 g/mol. The molecule has 0 fully saturated rings. The van der Waals surface area contributed by atoms with Crippen molar-refractivity contribution in [2.75, 3.05) is 7.05 Å². The van der Waals surface area contributed by atoms with Gasteiger partial charge in [-0.05, 0) is 26.5 Å². The van der Waals surface area contributed by atoms with E-state index < -0.39 is 0 Å². The molecular weight excluding hydrogens is 174 g/mol. The molecule has 0 aliphatic heterocycles. The first-order chi connectivity index (χ1) is 6.61. The fraction of sp³-hybridized carbons (Fsp3) is 0.500. The fourth-order valence-electron chi connectivity index (χ4n) is 1.38. The zero-order valence-corrected chi connectivity index (χ0v) is 9.14. The Morgan fingerprint density at radius 3 is 2.29 bits per heavy atom. The van der Waals surface area contributed by atoms with E-state index in [9.17, 15) is 5.11 Å². The predicted octanol–water partition coefficient (Wildman–Crippen LogP) is 1.89. The molecule has 14 heavy (non-hydrogen) atoms. The Morgan fingerprint density at radius 2 is 1.79 bits per heavy atom. The molecule has 78 valence electrons. The lowest BCUT2D eigenvalue weighted by atomic mass is 10.1. The van der Waals surface area contributed by atoms with Crippen molar-refractivity contribution in [2.24, 2.45) is 0 Å². The highest BCUT2D eigenvalue weighted by Crippen LogP contribution is 2.07. The second-order valence-electron chi connectivity index (χ2n) is 3.88. The van der Waals surface area contributed by atoms with E-state index in [1.807, 2.05) is 39.1 Å². The zero-order valence-electron chi connectivity index (χ0n) is 9.14. The lowest BCUT2D eigenvalue weighted by molar-refractivity contribution is 0.0828. The SMILES string of the molecule is CC(O)C(C)N(C)Cc1ccccc1. The van der Waals surface area contributed by atoms with Crippen LogP contribution in [0.3, 0.4) is 0 Å². The van der Waals surface area contributed by atoms with Crippen LogP contribution in [0, 0.1) is 0 Å². The Balaban J connectivity index is 2.53. The van der Waals surface area contributed by atoms with Crippen LogP contribution in [0.2, 0.25) is 0 Å². The van der Waals surface area contributed by atoms with E-state index in [1.54, 1.807) is 0 Å². The Kier molecular flexibility index (Phi) is 4.11. The molecule has 0 saturated heterocycles. The van der Waals surface area contributed by atoms with E-state index >= 15 is 0 Å². The maximum atomic E-state index is 9.43. The van der Waals surface area contributed by atoms with E-state index in [4.69, 9.17) is 0 Å². The van der Waals surface area contributed by atoms with E-state index in [1.165, 1.54) is 5.56 Å². The molecule has 0 radical (unpaired) electrons. The first kappa shape index (κ1) is 11.2. The smallest absolute Gasteiger partial charge is 0.0664 e. The van der Waals surface area contributed by atoms with Crippen molar-refractivity contribution in [3.05, 3.63) is 35.9 Å². The van der Waals surface area contributed by atoms with Crippen LogP contribution in [0.4, 0.5) is 0 Å². The second kappa shape index (κ2) is 5.13. The van der Waals surface area contributed by atoms with Crippen LogP contribution in [0.1, 0.15) is 19.4 Å². The largest absolute Gasteiger partial charge is 0.392 e. The molecule has 2 nitrogen and oxygen atoms in total. The molecule has 0 bridgehead atoms. The monoisotopic (exact) mass is 193 g/mol. The molecule has 2 atom stereocenters. The highest BCUT2D eigenvalue weighted by atomic mass is 16.3. The van der Waals surface area contributed by atoms with Gasteiger partial charge in [-0.15, -0.1) is 0 Å². The van der Waals surface area contributed by atoms with Crippen LogP contribution in [0.25, 0.3) is 0 Å². The summed E-state index contributed by atoms with van der Waals surface area (Å²) in [5, 5.41) is 9.43. The minimum Gasteiger partial charge on any atom is -0.392 e. The summed E-state index contributed by atoms with van der Waals surface area (Å²) in [4.78, 5) is 2.15. The van der Waals surface area contributed by atoms with Crippen molar-refractivity contribution in [3.63, 3.8) is 0 Å². The molecule has 1 N–H and O–H groups in total. The van der Waals surface area contributed by atoms with Crippen molar-refractivity contribution in [2.45, 2.75) is 32.5 Å². The lowest BCUT2D eigenvalue weighted by Gasteiger charge is -2.26. The molecule has 1 rings (SSSR count). The summed E-state index contributed by atoms with van der Waals surface area (Å²) in [7, 11) is 2.03. The molecule has 0 spiro atoms. The summed E-state index contributed by atoms with van der Waals surface area (Å²) < 4.78 is 0. The maximum Gasteiger partial charge on any atom is 0.0664 e. The Bertz CT molecular complexity index is 258. The van der Waals surface area contributed by atoms with Crippen LogP contribution in [-0.2, 0) is 6.54 Å². The predicted molar refractivity (Wildman–Crippen MR) is 59.1 cm³/mol. The fourth-order valence-corrected chi connectivity index (χ4v) is 1.38. The Morgan fingerprint density at radius 1 is 1.21 bits per heavy atom. The quantitative estimate of drug-likeness (QED) is 0.789. The summed E-state index contributed by atoms with van der Waals surface area (Å²) in [6.07, 6.45) is -0.288. The van der Waals surface area contributed by atoms with Gasteiger partial charge < -0.3 is 5.11 Å². The Labute approximate surface area is 86.2 Å². The first-order valence-corrected chi connectivity index (χ1v) is 5.03. The first-order valence-electron chi connectivity index (χ1n) is 5.03. The summed E-state index contributed by atoms with van der Waals surface area (Å²) in [6.45, 7) is 4.74. The third kappa shape index (κ3) is 3.13. The molecule has 0 saturated carbocycles. The van der Waals surface area contributed by atoms with Crippen molar-refractivity contribution in [3.8, 4) is 0 Å². The maximum absolute atomic E-state index is 9.43. The molecule has 0 aliphatic carbocycles. The molecule has 1 aromatic carbocycles. The average Bonchev–Trinajstić information content (AvgIpc) is 2.18. The number of likely N-dealkylation sites (N-methyl/N-ethyl adjacent to an activating group) is 1. The van der Waals surface area contributed by atoms with E-state index in [0.717, 1.165) is 6.54 Å². The number of benzene rings is 1. The normalized spacial score (nSPS) is 15.5. The third-order valence-electron chi connectivity index (χ3n) is 2.67. The molecule has 0 aromatic heterocycles. The van der Waals surface area contributed by atoms with Gasteiger partial charge in [0, 0.05) is 12.6 Å². The molecule has 1 aromatic rings. The standard InChI is InChI=1S/C12H19NO/c1-10(11(2)14)13(3)9-12-7-5-4-6-8-12/h4-8,10-11,14H,9H2,1-3H3. The van der Waals surface area contributed by atoms with Crippen LogP contribution in [0.15, 0.2) is 30.3 Å². The minimum absolute atomic E-state index is 0.190. The molecule has 0 amide bonds. The Hall–Kier alpha value is -0.860. The number of nitrogens with zero attached hydrogens (tertiary/aromatic N) is 1. The van der Waals surface area contributed by atoms with Crippen LogP contribution >= 0.6 is 0 Å². The number of hydrogen-bond acceptors (Lipinski definition) is 2. The van der Waals surface area contributed by atoms with Gasteiger partial charge in [0.15, 0.2) is 0 Å². The molecule has 2 heteroatoms. The van der Waals surface area contributed by atoms with Crippen LogP contribution in [-0.4, -0.2) is 29.2 Å². The van der Waals surface area contributed by atoms with Gasteiger partial charge in [-0.3, -0.25) is 4.90 Å². The lowest BCUT2D eigenvalue weighted by Crippen LogP contribution is -2.36. The van der Waals surface area contributed by atoms with Gasteiger partial charge in [-0.1, -0.05) is 30.3 Å². The van der Waals surface area contributed by atoms with Crippen molar-refractivity contribution in [1.82, 2.24) is 4.90 Å². The van der Waals surface area contributed by atoms with Crippen molar-refractivity contribution in [1.29, 1.82) is 0 Å². The summed E-state index contributed by atoms with van der Waals surface area (Å²) >= 11 is 0. The van der Waals surface area contributed by atoms with Gasteiger partial charge >= 0.3 is 0 Å². The van der Waals surface area contributed by atoms with Crippen molar-refractivity contribution < 1.29 is 5.11 Å². The number of hydrogen-bond donors (Lipinski definition) is 1. The van der Waals surface area contributed by atoms with Crippen LogP contribution in [0.5, 0.6) is 0 Å². The summed E-state index contributed by atoms with van der Waals surface area (Å²) in [6, 6.07) is 10.5. The highest BCUT2D eigenvalue weighted by molar-refractivity contribution is 5.14. The van der Waals surface area contributed by atoms with Gasteiger partial charge in [0.2, 0.25) is 0 Å². The van der Waals surface area contributed by atoms with E-state index in [-0.39, 0.29) is 12.1 Å². The minimum atomic E-state index is -0.288. The highest BCUT2D eigenvalue weighted by Gasteiger charge is 2.13. The topological polar surface area (TPSA) is 23.5 Å². The van der Waals surface area contributed by atoms with Gasteiger partial charge in [0.1, 0.15) is 0 Å². The van der Waals surface area contributed by atoms with Gasteiger partial charge in [0.25, 0.3) is 0 Å². The number of aliphatic hydroxyl groups excluding tert-OH is 1. The number of aliphatic hydroxyl groups is 1.